The number of rotatable bonds is 7. The molecule has 0 spiro atoms. The van der Waals surface area contributed by atoms with Crippen molar-refractivity contribution in [1.82, 2.24) is 15.6 Å². The van der Waals surface area contributed by atoms with Crippen LogP contribution in [-0.4, -0.2) is 34.7 Å². The minimum Gasteiger partial charge on any atom is -0.444 e. The molecule has 0 aliphatic rings. The molecule has 7 heteroatoms. The topological polar surface area (TPSA) is 93.5 Å². The molecule has 7 nitrogen and oxygen atoms in total. The lowest BCUT2D eigenvalue weighted by Gasteiger charge is -2.33. The molecule has 1 aromatic heterocycles. The summed E-state index contributed by atoms with van der Waals surface area (Å²) >= 11 is 0. The summed E-state index contributed by atoms with van der Waals surface area (Å²) in [6.45, 7) is 9.61. The van der Waals surface area contributed by atoms with E-state index in [2.05, 4.69) is 15.6 Å². The molecule has 0 bridgehead atoms. The van der Waals surface area contributed by atoms with Crippen LogP contribution in [0.4, 0.5) is 4.79 Å². The Morgan fingerprint density at radius 1 is 1.18 bits per heavy atom. The van der Waals surface area contributed by atoms with E-state index >= 15 is 0 Å². The first-order valence-electron chi connectivity index (χ1n) is 9.49. The lowest BCUT2D eigenvalue weighted by Crippen LogP contribution is -2.55. The third-order valence-electron chi connectivity index (χ3n) is 4.40. The molecule has 0 aliphatic heterocycles. The van der Waals surface area contributed by atoms with Crippen molar-refractivity contribution in [2.75, 3.05) is 6.54 Å². The molecule has 0 saturated carbocycles. The quantitative estimate of drug-likeness (QED) is 0.699. The highest BCUT2D eigenvalue weighted by atomic mass is 16.6. The standard InChI is InChI=1S/C21H29N3O4/c1-6-21(7-2,14-22-19(26)28-20(3,4)5)24-17(25)12-13-18-23-15-10-8-9-11-16(15)27-18/h8-13H,6-7,14H2,1-5H3,(H,22,26)(H,24,25). The molecule has 2 N–H and O–H groups in total. The summed E-state index contributed by atoms with van der Waals surface area (Å²) in [5.41, 5.74) is 0.261. The second kappa shape index (κ2) is 8.91. The van der Waals surface area contributed by atoms with Crippen molar-refractivity contribution in [3.63, 3.8) is 0 Å². The fourth-order valence-corrected chi connectivity index (χ4v) is 2.69. The Morgan fingerprint density at radius 3 is 2.46 bits per heavy atom. The predicted molar refractivity (Wildman–Crippen MR) is 109 cm³/mol. The first-order valence-corrected chi connectivity index (χ1v) is 9.49. The van der Waals surface area contributed by atoms with Crippen LogP contribution in [0.25, 0.3) is 17.2 Å². The number of nitrogens with zero attached hydrogens (tertiary/aromatic N) is 1. The maximum atomic E-state index is 12.4. The summed E-state index contributed by atoms with van der Waals surface area (Å²) in [7, 11) is 0. The van der Waals surface area contributed by atoms with Crippen LogP contribution in [0.2, 0.25) is 0 Å². The van der Waals surface area contributed by atoms with Crippen molar-refractivity contribution in [2.24, 2.45) is 0 Å². The highest BCUT2D eigenvalue weighted by Gasteiger charge is 2.29. The Bertz CT molecular complexity index is 812. The minimum atomic E-state index is -0.573. The smallest absolute Gasteiger partial charge is 0.407 e. The van der Waals surface area contributed by atoms with E-state index in [0.717, 1.165) is 5.52 Å². The predicted octanol–water partition coefficient (Wildman–Crippen LogP) is 4.04. The van der Waals surface area contributed by atoms with Gasteiger partial charge in [-0.25, -0.2) is 9.78 Å². The molecular weight excluding hydrogens is 358 g/mol. The summed E-state index contributed by atoms with van der Waals surface area (Å²) in [5.74, 6) is 0.0822. The lowest BCUT2D eigenvalue weighted by molar-refractivity contribution is -0.118. The number of amides is 2. The fourth-order valence-electron chi connectivity index (χ4n) is 2.69. The number of carbonyl (C=O) groups is 2. The summed E-state index contributed by atoms with van der Waals surface area (Å²) in [5, 5.41) is 5.73. The third-order valence-corrected chi connectivity index (χ3v) is 4.40. The van der Waals surface area contributed by atoms with Gasteiger partial charge in [0.05, 0.1) is 5.54 Å². The zero-order valence-corrected chi connectivity index (χ0v) is 17.2. The SMILES string of the molecule is CCC(CC)(CNC(=O)OC(C)(C)C)NC(=O)C=Cc1nc2ccccc2o1. The van der Waals surface area contributed by atoms with Crippen LogP contribution in [0.1, 0.15) is 53.4 Å². The van der Waals surface area contributed by atoms with Crippen LogP contribution in [0.5, 0.6) is 0 Å². The summed E-state index contributed by atoms with van der Waals surface area (Å²) in [4.78, 5) is 28.7. The van der Waals surface area contributed by atoms with Crippen molar-refractivity contribution in [2.45, 2.75) is 58.6 Å². The van der Waals surface area contributed by atoms with Gasteiger partial charge in [-0.1, -0.05) is 26.0 Å². The summed E-state index contributed by atoms with van der Waals surface area (Å²) in [6.07, 6.45) is 3.73. The number of fused-ring (bicyclic) bond motifs is 1. The highest BCUT2D eigenvalue weighted by Crippen LogP contribution is 2.17. The van der Waals surface area contributed by atoms with Crippen molar-refractivity contribution in [3.05, 3.63) is 36.2 Å². The number of alkyl carbamates (subject to hydrolysis) is 1. The van der Waals surface area contributed by atoms with Gasteiger partial charge in [-0.15, -0.1) is 0 Å². The van der Waals surface area contributed by atoms with Gasteiger partial charge in [0, 0.05) is 18.7 Å². The number of hydrogen-bond acceptors (Lipinski definition) is 5. The van der Waals surface area contributed by atoms with Crippen LogP contribution in [0.3, 0.4) is 0 Å². The van der Waals surface area contributed by atoms with Crippen LogP contribution >= 0.6 is 0 Å². The zero-order chi connectivity index (χ0) is 20.8. The van der Waals surface area contributed by atoms with Crippen LogP contribution in [0, 0.1) is 0 Å². The van der Waals surface area contributed by atoms with Gasteiger partial charge >= 0.3 is 6.09 Å². The number of carbonyl (C=O) groups excluding carboxylic acids is 2. The minimum absolute atomic E-state index is 0.275. The largest absolute Gasteiger partial charge is 0.444 e. The van der Waals surface area contributed by atoms with E-state index in [4.69, 9.17) is 9.15 Å². The number of nitrogens with one attached hydrogen (secondary N) is 2. The van der Waals surface area contributed by atoms with Gasteiger partial charge in [-0.3, -0.25) is 4.79 Å². The molecule has 0 atom stereocenters. The van der Waals surface area contributed by atoms with E-state index in [0.29, 0.717) is 24.3 Å². The Labute approximate surface area is 165 Å². The average Bonchev–Trinajstić information content (AvgIpc) is 3.05. The van der Waals surface area contributed by atoms with E-state index < -0.39 is 17.2 Å². The van der Waals surface area contributed by atoms with Crippen molar-refractivity contribution < 1.29 is 18.7 Å². The molecule has 0 unspecified atom stereocenters. The molecule has 0 fully saturated rings. The van der Waals surface area contributed by atoms with Crippen LogP contribution < -0.4 is 10.6 Å². The van der Waals surface area contributed by atoms with E-state index in [9.17, 15) is 9.59 Å². The molecule has 2 rings (SSSR count). The summed E-state index contributed by atoms with van der Waals surface area (Å²) in [6, 6.07) is 7.40. The average molecular weight is 387 g/mol. The number of oxazole rings is 1. The summed E-state index contributed by atoms with van der Waals surface area (Å²) < 4.78 is 10.8. The van der Waals surface area contributed by atoms with Gasteiger partial charge < -0.3 is 19.8 Å². The molecule has 2 amide bonds. The molecule has 152 valence electrons. The molecule has 0 saturated heterocycles. The number of hydrogen-bond donors (Lipinski definition) is 2. The first-order chi connectivity index (χ1) is 13.2. The monoisotopic (exact) mass is 387 g/mol. The Morgan fingerprint density at radius 2 is 1.86 bits per heavy atom. The van der Waals surface area contributed by atoms with Crippen molar-refractivity contribution in [3.8, 4) is 0 Å². The maximum Gasteiger partial charge on any atom is 0.407 e. The highest BCUT2D eigenvalue weighted by molar-refractivity contribution is 5.92. The van der Waals surface area contributed by atoms with E-state index in [1.165, 1.54) is 12.2 Å². The van der Waals surface area contributed by atoms with Gasteiger partial charge in [-0.2, -0.15) is 0 Å². The van der Waals surface area contributed by atoms with E-state index in [1.807, 2.05) is 38.1 Å². The number of para-hydroxylation sites is 2. The molecule has 1 heterocycles. The van der Waals surface area contributed by atoms with Crippen molar-refractivity contribution >= 4 is 29.2 Å². The van der Waals surface area contributed by atoms with Gasteiger partial charge in [0.25, 0.3) is 0 Å². The Hall–Kier alpha value is -2.83. The van der Waals surface area contributed by atoms with Crippen molar-refractivity contribution in [1.29, 1.82) is 0 Å². The molecule has 1 aromatic carbocycles. The molecular formula is C21H29N3O4. The van der Waals surface area contributed by atoms with Gasteiger partial charge in [0.1, 0.15) is 11.1 Å². The molecule has 0 aliphatic carbocycles. The Kier molecular flexibility index (Phi) is 6.83. The van der Waals surface area contributed by atoms with E-state index in [1.54, 1.807) is 20.8 Å². The lowest BCUT2D eigenvalue weighted by atomic mass is 9.92. The molecule has 2 aromatic rings. The Balaban J connectivity index is 1.99. The van der Waals surface area contributed by atoms with Crippen LogP contribution in [0.15, 0.2) is 34.8 Å². The number of aromatic nitrogens is 1. The number of ether oxygens (including phenoxy) is 1. The van der Waals surface area contributed by atoms with Crippen LogP contribution in [-0.2, 0) is 9.53 Å². The second-order valence-corrected chi connectivity index (χ2v) is 7.69. The normalized spacial score (nSPS) is 12.3. The molecule has 28 heavy (non-hydrogen) atoms. The fraction of sp³-hybridized carbons (Fsp3) is 0.476. The maximum absolute atomic E-state index is 12.4. The number of benzene rings is 1. The van der Waals surface area contributed by atoms with Gasteiger partial charge in [0.15, 0.2) is 5.58 Å². The van der Waals surface area contributed by atoms with E-state index in [-0.39, 0.29) is 12.5 Å². The first kappa shape index (κ1) is 21.5. The van der Waals surface area contributed by atoms with Gasteiger partial charge in [-0.05, 0) is 45.7 Å². The molecule has 0 radical (unpaired) electrons. The second-order valence-electron chi connectivity index (χ2n) is 7.69. The zero-order valence-electron chi connectivity index (χ0n) is 17.2. The third kappa shape index (κ3) is 6.11. The van der Waals surface area contributed by atoms with Gasteiger partial charge in [0.2, 0.25) is 11.8 Å².